The van der Waals surface area contributed by atoms with Gasteiger partial charge in [-0.15, -0.1) is 11.3 Å². The maximum Gasteiger partial charge on any atom is 0.293 e. The number of hydrogen-bond acceptors (Lipinski definition) is 5. The van der Waals surface area contributed by atoms with Gasteiger partial charge in [-0.2, -0.15) is 0 Å². The van der Waals surface area contributed by atoms with Crippen LogP contribution in [0.15, 0.2) is 34.7 Å². The van der Waals surface area contributed by atoms with Crippen LogP contribution in [0.2, 0.25) is 0 Å². The quantitative estimate of drug-likeness (QED) is 0.490. The Morgan fingerprint density at radius 1 is 1.26 bits per heavy atom. The molecule has 4 N–H and O–H groups in total. The van der Waals surface area contributed by atoms with Gasteiger partial charge in [-0.25, -0.2) is 0 Å². The molecule has 2 heterocycles. The third kappa shape index (κ3) is 4.36. The Morgan fingerprint density at radius 2 is 2.00 bits per heavy atom. The third-order valence-electron chi connectivity index (χ3n) is 5.84. The number of thiophene rings is 1. The second kappa shape index (κ2) is 8.09. The zero-order valence-electron chi connectivity index (χ0n) is 17.7. The molecule has 0 bridgehead atoms. The number of anilines is 1. The second-order valence-electron chi connectivity index (χ2n) is 8.93. The Hall–Kier alpha value is -2.71. The fraction of sp³-hybridized carbons (Fsp3) is 0.348. The monoisotopic (exact) mass is 455 g/mol. The zero-order chi connectivity index (χ0) is 22.3. The van der Waals surface area contributed by atoms with Gasteiger partial charge in [0.1, 0.15) is 10.6 Å². The van der Waals surface area contributed by atoms with E-state index in [0.29, 0.717) is 22.1 Å². The van der Waals surface area contributed by atoms with Crippen molar-refractivity contribution in [2.45, 2.75) is 40.0 Å². The van der Waals surface area contributed by atoms with Gasteiger partial charge in [0, 0.05) is 10.3 Å². The first-order valence-electron chi connectivity index (χ1n) is 10.2. The van der Waals surface area contributed by atoms with Crippen molar-refractivity contribution < 1.29 is 14.0 Å². The molecule has 0 unspecified atom stereocenters. The number of furan rings is 1. The van der Waals surface area contributed by atoms with Crippen LogP contribution in [0.3, 0.4) is 0 Å². The summed E-state index contributed by atoms with van der Waals surface area (Å²) in [4.78, 5) is 25.9. The minimum absolute atomic E-state index is 0.0962. The van der Waals surface area contributed by atoms with Gasteiger partial charge in [0.25, 0.3) is 11.8 Å². The molecule has 0 aliphatic heterocycles. The fourth-order valence-electron chi connectivity index (χ4n) is 4.07. The summed E-state index contributed by atoms with van der Waals surface area (Å²) in [5, 5.41) is 7.16. The highest BCUT2D eigenvalue weighted by Gasteiger charge is 2.33. The van der Waals surface area contributed by atoms with E-state index < -0.39 is 11.8 Å². The topological polar surface area (TPSA) is 97.4 Å². The Balaban J connectivity index is 1.52. The van der Waals surface area contributed by atoms with E-state index in [1.807, 2.05) is 18.2 Å². The van der Waals surface area contributed by atoms with Crippen molar-refractivity contribution in [3.05, 3.63) is 52.1 Å². The first-order chi connectivity index (χ1) is 14.6. The number of carbonyl (C=O) groups excluding carboxylic acids is 2. The van der Waals surface area contributed by atoms with Crippen molar-refractivity contribution in [1.29, 1.82) is 0 Å². The standard InChI is InChI=1S/C23H25N3O3S2/c1-23(2,3)13-8-9-14-17(11-13)31-21(18(14)19(24)27)26-22(30)25-20(28)16-10-12-6-4-5-7-15(12)29-16/h4-7,10,13H,8-9,11H2,1-3H3,(H2,24,27)(H2,25,26,28,30)/t13-/m1/s1. The molecular formula is C23H25N3O3S2. The zero-order valence-corrected chi connectivity index (χ0v) is 19.3. The van der Waals surface area contributed by atoms with E-state index in [1.54, 1.807) is 12.1 Å². The number of thiocarbonyl (C=S) groups is 1. The molecule has 1 atom stereocenters. The number of rotatable bonds is 3. The van der Waals surface area contributed by atoms with E-state index in [1.165, 1.54) is 11.3 Å². The number of nitrogens with two attached hydrogens (primary N) is 1. The van der Waals surface area contributed by atoms with E-state index in [4.69, 9.17) is 22.4 Å². The second-order valence-corrected chi connectivity index (χ2v) is 10.4. The predicted molar refractivity (Wildman–Crippen MR) is 128 cm³/mol. The predicted octanol–water partition coefficient (Wildman–Crippen LogP) is 4.87. The number of amides is 2. The molecule has 162 valence electrons. The van der Waals surface area contributed by atoms with E-state index in [0.717, 1.165) is 35.1 Å². The summed E-state index contributed by atoms with van der Waals surface area (Å²) < 4.78 is 5.58. The Kier molecular flexibility index (Phi) is 5.61. The molecule has 4 rings (SSSR count). The molecule has 1 aliphatic rings. The number of hydrogen-bond donors (Lipinski definition) is 3. The lowest BCUT2D eigenvalue weighted by molar-refractivity contribution is 0.0951. The number of para-hydroxylation sites is 1. The molecule has 1 aromatic carbocycles. The van der Waals surface area contributed by atoms with Crippen LogP contribution in [0.4, 0.5) is 5.00 Å². The molecule has 2 aromatic heterocycles. The maximum absolute atomic E-state index is 12.6. The van der Waals surface area contributed by atoms with E-state index in [9.17, 15) is 9.59 Å². The Bertz CT molecular complexity index is 1150. The lowest BCUT2D eigenvalue weighted by Gasteiger charge is -2.33. The summed E-state index contributed by atoms with van der Waals surface area (Å²) in [6, 6.07) is 9.04. The molecule has 2 amide bonds. The Labute approximate surface area is 190 Å². The van der Waals surface area contributed by atoms with Crippen molar-refractivity contribution in [3.8, 4) is 0 Å². The molecule has 31 heavy (non-hydrogen) atoms. The summed E-state index contributed by atoms with van der Waals surface area (Å²) in [6.45, 7) is 6.73. The average molecular weight is 456 g/mol. The largest absolute Gasteiger partial charge is 0.451 e. The molecule has 0 spiro atoms. The fourth-order valence-corrected chi connectivity index (χ4v) is 5.66. The minimum atomic E-state index is -0.486. The first-order valence-corrected chi connectivity index (χ1v) is 11.4. The summed E-state index contributed by atoms with van der Waals surface area (Å²) in [7, 11) is 0. The summed E-state index contributed by atoms with van der Waals surface area (Å²) in [6.07, 6.45) is 2.73. The van der Waals surface area contributed by atoms with Crippen molar-refractivity contribution in [2.75, 3.05) is 5.32 Å². The molecule has 0 radical (unpaired) electrons. The van der Waals surface area contributed by atoms with Crippen LogP contribution < -0.4 is 16.4 Å². The molecule has 3 aromatic rings. The first kappa shape index (κ1) is 21.5. The van der Waals surface area contributed by atoms with Crippen molar-refractivity contribution in [3.63, 3.8) is 0 Å². The van der Waals surface area contributed by atoms with Crippen LogP contribution in [0.5, 0.6) is 0 Å². The molecule has 1 aliphatic carbocycles. The van der Waals surface area contributed by atoms with Crippen LogP contribution in [-0.2, 0) is 12.8 Å². The van der Waals surface area contributed by atoms with Crippen molar-refractivity contribution in [2.24, 2.45) is 17.1 Å². The summed E-state index contributed by atoms with van der Waals surface area (Å²) >= 11 is 6.82. The van der Waals surface area contributed by atoms with Gasteiger partial charge in [-0.3, -0.25) is 14.9 Å². The molecule has 0 saturated heterocycles. The number of carbonyl (C=O) groups is 2. The molecular weight excluding hydrogens is 430 g/mol. The van der Waals surface area contributed by atoms with Gasteiger partial charge in [-0.05, 0) is 60.5 Å². The number of primary amides is 1. The van der Waals surface area contributed by atoms with Crippen LogP contribution in [0, 0.1) is 11.3 Å². The van der Waals surface area contributed by atoms with E-state index in [2.05, 4.69) is 31.4 Å². The van der Waals surface area contributed by atoms with Gasteiger partial charge in [0.2, 0.25) is 0 Å². The van der Waals surface area contributed by atoms with Gasteiger partial charge in [-0.1, -0.05) is 39.0 Å². The van der Waals surface area contributed by atoms with Crippen molar-refractivity contribution in [1.82, 2.24) is 5.32 Å². The van der Waals surface area contributed by atoms with Crippen LogP contribution in [0.25, 0.3) is 11.0 Å². The maximum atomic E-state index is 12.6. The average Bonchev–Trinajstić information content (AvgIpc) is 3.27. The van der Waals surface area contributed by atoms with Crippen LogP contribution in [0.1, 0.15) is 58.5 Å². The number of fused-ring (bicyclic) bond motifs is 2. The number of nitrogens with one attached hydrogen (secondary N) is 2. The van der Waals surface area contributed by atoms with Gasteiger partial charge < -0.3 is 15.5 Å². The van der Waals surface area contributed by atoms with Crippen LogP contribution in [-0.4, -0.2) is 16.9 Å². The highest BCUT2D eigenvalue weighted by molar-refractivity contribution is 7.80. The third-order valence-corrected chi connectivity index (χ3v) is 7.21. The highest BCUT2D eigenvalue weighted by Crippen LogP contribution is 2.44. The van der Waals surface area contributed by atoms with Gasteiger partial charge in [0.05, 0.1) is 5.56 Å². The number of benzene rings is 1. The lowest BCUT2D eigenvalue weighted by atomic mass is 9.72. The Morgan fingerprint density at radius 3 is 2.68 bits per heavy atom. The van der Waals surface area contributed by atoms with Gasteiger partial charge in [0.15, 0.2) is 10.9 Å². The lowest BCUT2D eigenvalue weighted by Crippen LogP contribution is -2.34. The smallest absolute Gasteiger partial charge is 0.293 e. The molecule has 0 saturated carbocycles. The summed E-state index contributed by atoms with van der Waals surface area (Å²) in [5.41, 5.74) is 8.00. The highest BCUT2D eigenvalue weighted by atomic mass is 32.1. The minimum Gasteiger partial charge on any atom is -0.451 e. The summed E-state index contributed by atoms with van der Waals surface area (Å²) in [5.74, 6) is -0.241. The van der Waals surface area contributed by atoms with Crippen molar-refractivity contribution >= 4 is 56.5 Å². The molecule has 0 fully saturated rings. The SMILES string of the molecule is CC(C)(C)[C@@H]1CCc2c(sc(NC(=S)NC(=O)c3cc4ccccc4o3)c2C(N)=O)C1. The normalized spacial score (nSPS) is 16.0. The van der Waals surface area contributed by atoms with E-state index in [-0.39, 0.29) is 16.3 Å². The van der Waals surface area contributed by atoms with Crippen LogP contribution >= 0.6 is 23.6 Å². The molecule has 6 nitrogen and oxygen atoms in total. The molecule has 8 heteroatoms. The van der Waals surface area contributed by atoms with Gasteiger partial charge >= 0.3 is 0 Å². The van der Waals surface area contributed by atoms with E-state index >= 15 is 0 Å².